The highest BCUT2D eigenvalue weighted by molar-refractivity contribution is 6.16. The number of primary amides is 1. The number of hydrogen-bond donors (Lipinski definition) is 2. The number of urea groups is 1. The number of aromatic nitrogens is 1. The van der Waals surface area contributed by atoms with Crippen LogP contribution in [-0.2, 0) is 14.3 Å². The first-order valence-electron chi connectivity index (χ1n) is 12.6. The highest BCUT2D eigenvalue weighted by Gasteiger charge is 2.57. The van der Waals surface area contributed by atoms with E-state index in [1.807, 2.05) is 0 Å². The Morgan fingerprint density at radius 1 is 1.07 bits per heavy atom. The van der Waals surface area contributed by atoms with E-state index in [1.54, 1.807) is 12.0 Å². The van der Waals surface area contributed by atoms with Gasteiger partial charge in [-0.15, -0.1) is 0 Å². The van der Waals surface area contributed by atoms with Crippen molar-refractivity contribution in [3.63, 3.8) is 0 Å². The Morgan fingerprint density at radius 2 is 1.80 bits per heavy atom. The summed E-state index contributed by atoms with van der Waals surface area (Å²) in [4.78, 5) is 44.8. The molecule has 3 aromatic rings. The summed E-state index contributed by atoms with van der Waals surface area (Å²) in [6.07, 6.45) is 2.66. The minimum Gasteiger partial charge on any atom is -0.457 e. The number of amides is 4. The largest absolute Gasteiger partial charge is 0.457 e. The molecule has 4 amide bonds. The van der Waals surface area contributed by atoms with Crippen molar-refractivity contribution in [3.05, 3.63) is 72.4 Å². The molecule has 2 aliphatic rings. The summed E-state index contributed by atoms with van der Waals surface area (Å²) in [7, 11) is 1.60. The molecular formula is C28H27F2N5O5. The molecule has 1 atom stereocenters. The summed E-state index contributed by atoms with van der Waals surface area (Å²) in [5.74, 6) is -2.21. The third-order valence-electron chi connectivity index (χ3n) is 7.05. The number of methoxy groups -OCH3 is 1. The van der Waals surface area contributed by atoms with Crippen molar-refractivity contribution >= 4 is 35.0 Å². The van der Waals surface area contributed by atoms with Gasteiger partial charge < -0.3 is 20.1 Å². The van der Waals surface area contributed by atoms with Crippen LogP contribution >= 0.6 is 0 Å². The molecule has 0 bridgehead atoms. The standard InChI is InChI=1S/C28H27F2N5O5/c1-39-21-9-13-34(16-21)27(38)33-24-15-20(8-12-32-24)40-19-6-7-23(22(30)14-19)35(18-4-2-17(29)3-5-18)26(37)28(10-11-28)25(31)36/h2-8,12,14-15,21H,9-11,13,16H2,1H3,(H2,31,36)(H,32,33,38). The zero-order chi connectivity index (χ0) is 28.4. The van der Waals surface area contributed by atoms with E-state index in [0.29, 0.717) is 13.1 Å². The summed E-state index contributed by atoms with van der Waals surface area (Å²) in [6.45, 7) is 1.03. The molecule has 1 aromatic heterocycles. The molecule has 0 spiro atoms. The van der Waals surface area contributed by atoms with E-state index in [9.17, 15) is 18.8 Å². The summed E-state index contributed by atoms with van der Waals surface area (Å²) in [5, 5.41) is 2.71. The van der Waals surface area contributed by atoms with Crippen molar-refractivity contribution < 1.29 is 32.6 Å². The topological polar surface area (TPSA) is 127 Å². The second-order valence-electron chi connectivity index (χ2n) is 9.68. The third-order valence-corrected chi connectivity index (χ3v) is 7.05. The Labute approximate surface area is 228 Å². The van der Waals surface area contributed by atoms with Crippen molar-refractivity contribution in [1.29, 1.82) is 0 Å². The average Bonchev–Trinajstić information content (AvgIpc) is 3.61. The number of rotatable bonds is 8. The molecule has 12 heteroatoms. The number of benzene rings is 2. The molecule has 40 heavy (non-hydrogen) atoms. The monoisotopic (exact) mass is 551 g/mol. The van der Waals surface area contributed by atoms with Crippen LogP contribution in [0, 0.1) is 17.0 Å². The van der Waals surface area contributed by atoms with Gasteiger partial charge in [0.05, 0.1) is 11.8 Å². The van der Waals surface area contributed by atoms with E-state index in [-0.39, 0.29) is 53.7 Å². The maximum absolute atomic E-state index is 15.5. The molecule has 2 fully saturated rings. The molecule has 208 valence electrons. The molecule has 2 heterocycles. The van der Waals surface area contributed by atoms with Crippen molar-refractivity contribution in [3.8, 4) is 11.5 Å². The molecule has 1 aliphatic heterocycles. The fraction of sp³-hybridized carbons (Fsp3) is 0.286. The molecule has 1 aliphatic carbocycles. The number of nitrogens with two attached hydrogens (primary N) is 1. The summed E-state index contributed by atoms with van der Waals surface area (Å²) >= 11 is 0. The number of halogens is 2. The Hall–Kier alpha value is -4.58. The van der Waals surface area contributed by atoms with Gasteiger partial charge in [-0.05, 0) is 61.7 Å². The molecule has 0 radical (unpaired) electrons. The minimum atomic E-state index is -1.44. The first-order valence-corrected chi connectivity index (χ1v) is 12.6. The first kappa shape index (κ1) is 27.0. The number of pyridine rings is 1. The van der Waals surface area contributed by atoms with E-state index in [0.717, 1.165) is 29.5 Å². The molecule has 2 aromatic carbocycles. The van der Waals surface area contributed by atoms with Crippen molar-refractivity contribution in [1.82, 2.24) is 9.88 Å². The summed E-state index contributed by atoms with van der Waals surface area (Å²) in [6, 6.07) is 11.5. The highest BCUT2D eigenvalue weighted by Crippen LogP contribution is 2.49. The SMILES string of the molecule is COC1CCN(C(=O)Nc2cc(Oc3ccc(N(C(=O)C4(C(N)=O)CC4)c4ccc(F)cc4)c(F)c3)ccn2)C1. The lowest BCUT2D eigenvalue weighted by molar-refractivity contribution is -0.133. The van der Waals surface area contributed by atoms with Gasteiger partial charge in [0.2, 0.25) is 11.8 Å². The van der Waals surface area contributed by atoms with Crippen LogP contribution in [0.15, 0.2) is 60.8 Å². The van der Waals surface area contributed by atoms with Gasteiger partial charge in [0.1, 0.15) is 28.5 Å². The van der Waals surface area contributed by atoms with Crippen LogP contribution < -0.4 is 20.7 Å². The summed E-state index contributed by atoms with van der Waals surface area (Å²) < 4.78 is 40.1. The Bertz CT molecular complexity index is 1450. The van der Waals surface area contributed by atoms with Crippen LogP contribution in [0.2, 0.25) is 0 Å². The zero-order valence-electron chi connectivity index (χ0n) is 21.6. The maximum atomic E-state index is 15.5. The fourth-order valence-electron chi connectivity index (χ4n) is 4.57. The number of ether oxygens (including phenoxy) is 2. The van der Waals surface area contributed by atoms with Gasteiger partial charge >= 0.3 is 6.03 Å². The Kier molecular flexibility index (Phi) is 7.35. The number of anilines is 3. The van der Waals surface area contributed by atoms with Crippen LogP contribution in [0.4, 0.5) is 30.8 Å². The number of likely N-dealkylation sites (tertiary alicyclic amines) is 1. The molecule has 1 saturated heterocycles. The second kappa shape index (κ2) is 10.9. The maximum Gasteiger partial charge on any atom is 0.323 e. The molecule has 5 rings (SSSR count). The van der Waals surface area contributed by atoms with E-state index in [4.69, 9.17) is 15.2 Å². The number of hydrogen-bond acceptors (Lipinski definition) is 6. The van der Waals surface area contributed by atoms with Gasteiger partial charge in [-0.2, -0.15) is 0 Å². The molecule has 1 unspecified atom stereocenters. The lowest BCUT2D eigenvalue weighted by Gasteiger charge is -2.27. The van der Waals surface area contributed by atoms with Crippen LogP contribution in [0.1, 0.15) is 19.3 Å². The van der Waals surface area contributed by atoms with Crippen LogP contribution in [-0.4, -0.2) is 54.0 Å². The number of nitrogens with one attached hydrogen (secondary N) is 1. The number of nitrogens with zero attached hydrogens (tertiary/aromatic N) is 3. The Morgan fingerprint density at radius 3 is 2.42 bits per heavy atom. The van der Waals surface area contributed by atoms with Gasteiger partial charge in [-0.3, -0.25) is 19.8 Å². The lowest BCUT2D eigenvalue weighted by Crippen LogP contribution is -2.41. The predicted molar refractivity (Wildman–Crippen MR) is 141 cm³/mol. The van der Waals surface area contributed by atoms with Crippen molar-refractivity contribution in [2.45, 2.75) is 25.4 Å². The predicted octanol–water partition coefficient (Wildman–Crippen LogP) is 4.33. The quantitative estimate of drug-likeness (QED) is 0.401. The second-order valence-corrected chi connectivity index (χ2v) is 9.68. The Balaban J connectivity index is 1.35. The van der Waals surface area contributed by atoms with Gasteiger partial charge in [0.15, 0.2) is 5.82 Å². The van der Waals surface area contributed by atoms with Gasteiger partial charge in [0.25, 0.3) is 0 Å². The van der Waals surface area contributed by atoms with E-state index in [1.165, 1.54) is 42.6 Å². The van der Waals surface area contributed by atoms with E-state index >= 15 is 4.39 Å². The zero-order valence-corrected chi connectivity index (χ0v) is 21.6. The van der Waals surface area contributed by atoms with E-state index < -0.39 is 28.9 Å². The minimum absolute atomic E-state index is 0.00822. The smallest absolute Gasteiger partial charge is 0.323 e. The van der Waals surface area contributed by atoms with Crippen molar-refractivity contribution in [2.75, 3.05) is 30.4 Å². The van der Waals surface area contributed by atoms with Crippen LogP contribution in [0.5, 0.6) is 11.5 Å². The van der Waals surface area contributed by atoms with Crippen molar-refractivity contribution in [2.24, 2.45) is 11.1 Å². The molecular weight excluding hydrogens is 524 g/mol. The van der Waals surface area contributed by atoms with Gasteiger partial charge in [-0.1, -0.05) is 0 Å². The lowest BCUT2D eigenvalue weighted by atomic mass is 10.0. The van der Waals surface area contributed by atoms with Gasteiger partial charge in [0, 0.05) is 44.2 Å². The van der Waals surface area contributed by atoms with Crippen LogP contribution in [0.3, 0.4) is 0 Å². The average molecular weight is 552 g/mol. The fourth-order valence-corrected chi connectivity index (χ4v) is 4.57. The molecule has 10 nitrogen and oxygen atoms in total. The molecule has 1 saturated carbocycles. The first-order chi connectivity index (χ1) is 19.2. The highest BCUT2D eigenvalue weighted by atomic mass is 19.1. The van der Waals surface area contributed by atoms with E-state index in [2.05, 4.69) is 10.3 Å². The third kappa shape index (κ3) is 5.43. The number of carbonyl (C=O) groups excluding carboxylic acids is 3. The molecule has 3 N–H and O–H groups in total. The summed E-state index contributed by atoms with van der Waals surface area (Å²) in [5.41, 5.74) is 4.08. The number of carbonyl (C=O) groups is 3. The van der Waals surface area contributed by atoms with Crippen LogP contribution in [0.25, 0.3) is 0 Å². The normalized spacial score (nSPS) is 17.3. The van der Waals surface area contributed by atoms with Gasteiger partial charge in [-0.25, -0.2) is 18.6 Å².